The highest BCUT2D eigenvalue weighted by Gasteiger charge is 2.64. The van der Waals surface area contributed by atoms with E-state index in [0.29, 0.717) is 45.6 Å². The van der Waals surface area contributed by atoms with E-state index in [1.54, 1.807) is 19.1 Å². The van der Waals surface area contributed by atoms with Crippen LogP contribution in [0.3, 0.4) is 0 Å². The zero-order valence-corrected chi connectivity index (χ0v) is 31.6. The van der Waals surface area contributed by atoms with Gasteiger partial charge in [0.05, 0.1) is 11.3 Å². The number of alkyl halides is 6. The maximum atomic E-state index is 14.7. The Morgan fingerprint density at radius 3 is 2.35 bits per heavy atom. The summed E-state index contributed by atoms with van der Waals surface area (Å²) in [6.07, 6.45) is -8.39. The number of nitrogens with one attached hydrogen (secondary N) is 2. The molecule has 306 valence electrons. The van der Waals surface area contributed by atoms with E-state index in [1.165, 1.54) is 13.8 Å². The van der Waals surface area contributed by atoms with Crippen LogP contribution in [0.4, 0.5) is 31.1 Å². The highest BCUT2D eigenvalue weighted by Crippen LogP contribution is 2.48. The molecule has 4 aliphatic rings. The lowest BCUT2D eigenvalue weighted by atomic mass is 9.85. The van der Waals surface area contributed by atoms with Crippen molar-refractivity contribution in [2.75, 3.05) is 6.54 Å². The summed E-state index contributed by atoms with van der Waals surface area (Å²) < 4.78 is 118. The molecule has 0 aromatic carbocycles. The van der Waals surface area contributed by atoms with Gasteiger partial charge in [-0.2, -0.15) is 26.3 Å². The molecule has 0 bridgehead atoms. The van der Waals surface area contributed by atoms with Gasteiger partial charge in [-0.1, -0.05) is 26.0 Å². The van der Waals surface area contributed by atoms with E-state index >= 15 is 0 Å². The van der Waals surface area contributed by atoms with Crippen molar-refractivity contribution in [3.05, 3.63) is 36.0 Å². The zero-order chi connectivity index (χ0) is 41.1. The molecule has 55 heavy (non-hydrogen) atoms. The van der Waals surface area contributed by atoms with Crippen LogP contribution in [0.5, 0.6) is 5.88 Å². The van der Waals surface area contributed by atoms with Gasteiger partial charge in [-0.05, 0) is 83.3 Å². The standard InChI is InChI=1S/C35H45F6N5O8S/c1-19-9-6-7-10-21-17-33(21,29(49)44-55(52,53)32(5)12-13-32)43-26(47)24-16-22(54-27-23(34(36,37)38)11-8-14-42-27)18-45(24)28(48)25(20(2)15-19)46(30(50)51)31(3,4)35(39,40)41/h7-8,10-11,14,19-22,24-25H,6,9,12-13,15-18H2,1-5H3,(H,43,47)(H,44,49)(H,50,51)/b10-7-/t19-,20-,21-,22-,24+,25+,33-/m1/s1. The molecule has 20 heteroatoms. The number of allylic oxidation sites excluding steroid dienone is 1. The molecule has 0 radical (unpaired) electrons. The quantitative estimate of drug-likeness (QED) is 0.252. The van der Waals surface area contributed by atoms with Crippen molar-refractivity contribution in [1.29, 1.82) is 0 Å². The van der Waals surface area contributed by atoms with Gasteiger partial charge in [0.25, 0.3) is 5.91 Å². The average molecular weight is 810 g/mol. The van der Waals surface area contributed by atoms with Crippen LogP contribution in [-0.2, 0) is 30.6 Å². The first kappa shape index (κ1) is 42.1. The van der Waals surface area contributed by atoms with E-state index in [0.717, 1.165) is 17.2 Å². The first-order chi connectivity index (χ1) is 25.3. The maximum absolute atomic E-state index is 14.7. The number of carbonyl (C=O) groups is 4. The molecule has 0 spiro atoms. The maximum Gasteiger partial charge on any atom is 0.421 e. The van der Waals surface area contributed by atoms with Crippen LogP contribution in [0.15, 0.2) is 30.5 Å². The van der Waals surface area contributed by atoms with Gasteiger partial charge in [0.1, 0.15) is 34.8 Å². The van der Waals surface area contributed by atoms with Gasteiger partial charge in [-0.15, -0.1) is 0 Å². The number of hydrogen-bond donors (Lipinski definition) is 3. The van der Waals surface area contributed by atoms with E-state index in [2.05, 4.69) is 15.0 Å². The minimum absolute atomic E-state index is 0.00352. The highest BCUT2D eigenvalue weighted by molar-refractivity contribution is 7.91. The van der Waals surface area contributed by atoms with Crippen molar-refractivity contribution < 1.29 is 63.8 Å². The summed E-state index contributed by atoms with van der Waals surface area (Å²) in [6, 6.07) is -2.07. The Kier molecular flexibility index (Phi) is 11.0. The number of carboxylic acid groups (broad SMARTS) is 1. The number of ether oxygens (including phenoxy) is 1. The number of halogens is 6. The number of aromatic nitrogens is 1. The molecule has 13 nitrogen and oxygen atoms in total. The van der Waals surface area contributed by atoms with Crippen molar-refractivity contribution in [3.63, 3.8) is 0 Å². The third-order valence-corrected chi connectivity index (χ3v) is 13.5. The van der Waals surface area contributed by atoms with Crippen LogP contribution in [0.2, 0.25) is 0 Å². The summed E-state index contributed by atoms with van der Waals surface area (Å²) in [6.45, 7) is 5.13. The Labute approximate surface area is 314 Å². The number of fused-ring (bicyclic) bond motifs is 2. The molecule has 1 aromatic rings. The number of sulfonamides is 1. The third-order valence-electron chi connectivity index (χ3n) is 11.3. The van der Waals surface area contributed by atoms with Gasteiger partial charge in [0, 0.05) is 18.5 Å². The third kappa shape index (κ3) is 8.24. The molecule has 2 saturated carbocycles. The van der Waals surface area contributed by atoms with Crippen LogP contribution >= 0.6 is 0 Å². The van der Waals surface area contributed by atoms with Gasteiger partial charge < -0.3 is 20.1 Å². The number of hydrogen-bond acceptors (Lipinski definition) is 8. The van der Waals surface area contributed by atoms with Gasteiger partial charge in [-0.3, -0.25) is 24.0 Å². The lowest BCUT2D eigenvalue weighted by Gasteiger charge is -2.45. The van der Waals surface area contributed by atoms with E-state index in [-0.39, 0.29) is 23.7 Å². The summed E-state index contributed by atoms with van der Waals surface area (Å²) in [5.41, 5.74) is -6.26. The minimum atomic E-state index is -5.18. The number of pyridine rings is 1. The largest absolute Gasteiger partial charge is 0.472 e. The van der Waals surface area contributed by atoms with Crippen molar-refractivity contribution in [3.8, 4) is 5.88 Å². The molecule has 1 aromatic heterocycles. The molecule has 7 atom stereocenters. The Hall–Kier alpha value is -4.10. The summed E-state index contributed by atoms with van der Waals surface area (Å²) in [5, 5.41) is 12.9. The van der Waals surface area contributed by atoms with E-state index < -0.39 is 116 Å². The van der Waals surface area contributed by atoms with E-state index in [9.17, 15) is 59.0 Å². The highest BCUT2D eigenvalue weighted by atomic mass is 32.2. The Morgan fingerprint density at radius 1 is 1.11 bits per heavy atom. The Bertz CT molecular complexity index is 1830. The lowest BCUT2D eigenvalue weighted by Crippen LogP contribution is -2.66. The topological polar surface area (TPSA) is 175 Å². The second-order valence-corrected chi connectivity index (χ2v) is 18.2. The second kappa shape index (κ2) is 14.4. The zero-order valence-electron chi connectivity index (χ0n) is 30.8. The lowest BCUT2D eigenvalue weighted by molar-refractivity contribution is -0.222. The van der Waals surface area contributed by atoms with Crippen molar-refractivity contribution in [1.82, 2.24) is 24.8 Å². The average Bonchev–Trinajstić information content (AvgIpc) is 3.94. The molecule has 1 saturated heterocycles. The summed E-state index contributed by atoms with van der Waals surface area (Å²) in [4.78, 5) is 60.0. The Balaban J connectivity index is 1.59. The Morgan fingerprint density at radius 2 is 1.76 bits per heavy atom. The van der Waals surface area contributed by atoms with Gasteiger partial charge in [-0.25, -0.2) is 18.2 Å². The molecule has 2 aliphatic carbocycles. The molecular weight excluding hydrogens is 764 g/mol. The normalized spacial score (nSPS) is 30.8. The first-order valence-electron chi connectivity index (χ1n) is 17.9. The van der Waals surface area contributed by atoms with Crippen molar-refractivity contribution in [2.24, 2.45) is 17.8 Å². The number of nitrogens with zero attached hydrogens (tertiary/aromatic N) is 3. The molecule has 0 unspecified atom stereocenters. The molecule has 4 amide bonds. The molecule has 3 N–H and O–H groups in total. The smallest absolute Gasteiger partial charge is 0.421 e. The fourth-order valence-electron chi connectivity index (χ4n) is 7.44. The van der Waals surface area contributed by atoms with E-state index in [4.69, 9.17) is 4.74 Å². The fraction of sp³-hybridized carbons (Fsp3) is 0.686. The van der Waals surface area contributed by atoms with Crippen LogP contribution in [0.1, 0.15) is 85.1 Å². The van der Waals surface area contributed by atoms with Crippen molar-refractivity contribution >= 4 is 33.8 Å². The monoisotopic (exact) mass is 809 g/mol. The fourth-order valence-corrected chi connectivity index (χ4v) is 8.75. The predicted octanol–water partition coefficient (Wildman–Crippen LogP) is 5.02. The van der Waals surface area contributed by atoms with Crippen LogP contribution in [0.25, 0.3) is 0 Å². The number of rotatable bonds is 7. The second-order valence-electron chi connectivity index (χ2n) is 16.0. The SMILES string of the molecule is C[C@@H]1CC/C=C\[C@@H]2C[C@@]2(C(=O)NS(=O)(=O)C2(C)CC2)NC(=O)[C@@H]2C[C@@H](Oc3ncccc3C(F)(F)F)CN2C(=O)[C@@H](N(C(=O)O)C(C)(C)C(F)(F)F)[C@H](C)C1. The number of carbonyl (C=O) groups excluding carboxylic acids is 3. The van der Waals surface area contributed by atoms with Gasteiger partial charge in [0.15, 0.2) is 0 Å². The van der Waals surface area contributed by atoms with Gasteiger partial charge >= 0.3 is 18.4 Å². The number of amides is 4. The predicted molar refractivity (Wildman–Crippen MR) is 183 cm³/mol. The van der Waals surface area contributed by atoms with Gasteiger partial charge in [0.2, 0.25) is 27.7 Å². The summed E-state index contributed by atoms with van der Waals surface area (Å²) in [7, 11) is -4.19. The molecule has 5 rings (SSSR count). The molecule has 2 aliphatic heterocycles. The van der Waals surface area contributed by atoms with E-state index in [1.807, 2.05) is 0 Å². The minimum Gasteiger partial charge on any atom is -0.472 e. The molecular formula is C35H45F6N5O8S. The van der Waals surface area contributed by atoms with Crippen LogP contribution in [0, 0.1) is 17.8 Å². The summed E-state index contributed by atoms with van der Waals surface area (Å²) >= 11 is 0. The van der Waals surface area contributed by atoms with Crippen LogP contribution in [-0.4, -0.2) is 98.9 Å². The summed E-state index contributed by atoms with van der Waals surface area (Å²) in [5.74, 6) is -6.34. The molecule has 3 fully saturated rings. The molecule has 3 heterocycles. The first-order valence-corrected chi connectivity index (χ1v) is 19.4. The van der Waals surface area contributed by atoms with Crippen molar-refractivity contribution in [2.45, 2.75) is 126 Å². The van der Waals surface area contributed by atoms with Crippen LogP contribution < -0.4 is 14.8 Å².